The fourth-order valence-corrected chi connectivity index (χ4v) is 2.13. The zero-order chi connectivity index (χ0) is 15.9. The predicted molar refractivity (Wildman–Crippen MR) is 85.2 cm³/mol. The monoisotopic (exact) mass is 295 g/mol. The second-order valence-corrected chi connectivity index (χ2v) is 4.52. The summed E-state index contributed by atoms with van der Waals surface area (Å²) >= 11 is 0. The summed E-state index contributed by atoms with van der Waals surface area (Å²) in [5.74, 6) is 2.11. The molecule has 2 aromatic rings. The summed E-state index contributed by atoms with van der Waals surface area (Å²) in [6.45, 7) is 0. The summed E-state index contributed by atoms with van der Waals surface area (Å²) in [4.78, 5) is 0. The van der Waals surface area contributed by atoms with Crippen LogP contribution >= 0.6 is 0 Å². The van der Waals surface area contributed by atoms with Crippen molar-refractivity contribution < 1.29 is 14.2 Å². The minimum atomic E-state index is 0.673. The van der Waals surface area contributed by atoms with Gasteiger partial charge in [0, 0.05) is 12.1 Å². The average Bonchev–Trinajstić information content (AvgIpc) is 2.59. The number of nitrogens with zero attached hydrogens (tertiary/aromatic N) is 1. The average molecular weight is 295 g/mol. The summed E-state index contributed by atoms with van der Waals surface area (Å²) in [6, 6.07) is 15.2. The summed E-state index contributed by atoms with van der Waals surface area (Å²) < 4.78 is 15.7. The van der Waals surface area contributed by atoms with Gasteiger partial charge in [0.1, 0.15) is 17.2 Å². The molecule has 0 heterocycles. The van der Waals surface area contributed by atoms with Crippen molar-refractivity contribution in [2.45, 2.75) is 0 Å². The predicted octanol–water partition coefficient (Wildman–Crippen LogP) is 3.67. The Bertz CT molecular complexity index is 690. The van der Waals surface area contributed by atoms with E-state index in [4.69, 9.17) is 19.5 Å². The van der Waals surface area contributed by atoms with E-state index >= 15 is 0 Å². The van der Waals surface area contributed by atoms with Gasteiger partial charge < -0.3 is 14.2 Å². The van der Waals surface area contributed by atoms with Crippen LogP contribution in [-0.2, 0) is 0 Å². The Morgan fingerprint density at radius 1 is 0.818 bits per heavy atom. The van der Waals surface area contributed by atoms with E-state index in [2.05, 4.69) is 6.07 Å². The van der Waals surface area contributed by atoms with Crippen molar-refractivity contribution in [3.05, 3.63) is 59.7 Å². The molecule has 0 aliphatic heterocycles. The topological polar surface area (TPSA) is 51.5 Å². The molecule has 0 unspecified atom stereocenters. The molecule has 0 bridgehead atoms. The van der Waals surface area contributed by atoms with Crippen LogP contribution in [0, 0.1) is 11.3 Å². The largest absolute Gasteiger partial charge is 0.497 e. The normalized spacial score (nSPS) is 10.7. The van der Waals surface area contributed by atoms with Gasteiger partial charge in [-0.25, -0.2) is 0 Å². The first-order chi connectivity index (χ1) is 10.7. The number of hydrogen-bond donors (Lipinski definition) is 0. The Labute approximate surface area is 130 Å². The maximum absolute atomic E-state index is 9.10. The Balaban J connectivity index is 2.52. The van der Waals surface area contributed by atoms with Gasteiger partial charge in [-0.3, -0.25) is 0 Å². The van der Waals surface area contributed by atoms with Crippen molar-refractivity contribution in [2.24, 2.45) is 0 Å². The van der Waals surface area contributed by atoms with E-state index in [0.717, 1.165) is 22.4 Å². The number of hydrogen-bond acceptors (Lipinski definition) is 4. The molecule has 112 valence electrons. The van der Waals surface area contributed by atoms with E-state index in [0.29, 0.717) is 11.5 Å². The van der Waals surface area contributed by atoms with Crippen LogP contribution in [0.15, 0.2) is 48.5 Å². The molecule has 4 nitrogen and oxygen atoms in total. The minimum absolute atomic E-state index is 0.673. The Hall–Kier alpha value is -2.93. The first-order valence-corrected chi connectivity index (χ1v) is 6.69. The number of benzene rings is 2. The molecule has 0 spiro atoms. The van der Waals surface area contributed by atoms with Crippen LogP contribution in [0.4, 0.5) is 0 Å². The SMILES string of the molecule is COc1ccc(C(=CC#N)c2cc(OC)cc(OC)c2)cc1. The van der Waals surface area contributed by atoms with Crippen LogP contribution in [0.25, 0.3) is 5.57 Å². The van der Waals surface area contributed by atoms with Crippen LogP contribution in [0.3, 0.4) is 0 Å². The number of rotatable bonds is 5. The molecule has 0 atom stereocenters. The highest BCUT2D eigenvalue weighted by atomic mass is 16.5. The lowest BCUT2D eigenvalue weighted by Crippen LogP contribution is -1.93. The van der Waals surface area contributed by atoms with Crippen LogP contribution < -0.4 is 14.2 Å². The fourth-order valence-electron chi connectivity index (χ4n) is 2.13. The summed E-state index contributed by atoms with van der Waals surface area (Å²) in [7, 11) is 4.81. The van der Waals surface area contributed by atoms with Crippen molar-refractivity contribution in [1.82, 2.24) is 0 Å². The summed E-state index contributed by atoms with van der Waals surface area (Å²) in [6.07, 6.45) is 1.51. The number of nitriles is 1. The van der Waals surface area contributed by atoms with Gasteiger partial charge in [0.05, 0.1) is 27.4 Å². The number of methoxy groups -OCH3 is 3. The third-order valence-corrected chi connectivity index (χ3v) is 3.27. The molecule has 22 heavy (non-hydrogen) atoms. The smallest absolute Gasteiger partial charge is 0.123 e. The molecule has 0 aromatic heterocycles. The van der Waals surface area contributed by atoms with Gasteiger partial charge >= 0.3 is 0 Å². The summed E-state index contributed by atoms with van der Waals surface area (Å²) in [5.41, 5.74) is 2.56. The van der Waals surface area contributed by atoms with E-state index in [1.54, 1.807) is 27.4 Å². The highest BCUT2D eigenvalue weighted by Crippen LogP contribution is 2.31. The summed E-state index contributed by atoms with van der Waals surface area (Å²) in [5, 5.41) is 9.10. The standard InChI is InChI=1S/C18H17NO3/c1-20-15-6-4-13(5-7-15)18(8-9-19)14-10-16(21-2)12-17(11-14)22-3/h4-8,10-12H,1-3H3. The Kier molecular flexibility index (Phi) is 5.05. The first kappa shape index (κ1) is 15.5. The van der Waals surface area contributed by atoms with Crippen molar-refractivity contribution >= 4 is 5.57 Å². The van der Waals surface area contributed by atoms with Crippen LogP contribution in [-0.4, -0.2) is 21.3 Å². The molecular formula is C18H17NO3. The second-order valence-electron chi connectivity index (χ2n) is 4.52. The molecule has 2 rings (SSSR count). The molecule has 0 saturated carbocycles. The van der Waals surface area contributed by atoms with Crippen molar-refractivity contribution in [2.75, 3.05) is 21.3 Å². The maximum Gasteiger partial charge on any atom is 0.123 e. The lowest BCUT2D eigenvalue weighted by molar-refractivity contribution is 0.394. The molecule has 0 aliphatic rings. The van der Waals surface area contributed by atoms with Gasteiger partial charge in [0.2, 0.25) is 0 Å². The van der Waals surface area contributed by atoms with Gasteiger partial charge in [0.15, 0.2) is 0 Å². The van der Waals surface area contributed by atoms with E-state index < -0.39 is 0 Å². The third-order valence-electron chi connectivity index (χ3n) is 3.27. The first-order valence-electron chi connectivity index (χ1n) is 6.69. The zero-order valence-corrected chi connectivity index (χ0v) is 12.8. The van der Waals surface area contributed by atoms with Crippen LogP contribution in [0.5, 0.6) is 17.2 Å². The molecule has 0 saturated heterocycles. The highest BCUT2D eigenvalue weighted by molar-refractivity contribution is 5.82. The highest BCUT2D eigenvalue weighted by Gasteiger charge is 2.09. The van der Waals surface area contributed by atoms with E-state index in [-0.39, 0.29) is 0 Å². The lowest BCUT2D eigenvalue weighted by Gasteiger charge is -2.12. The Morgan fingerprint density at radius 2 is 1.36 bits per heavy atom. The van der Waals surface area contributed by atoms with E-state index in [9.17, 15) is 0 Å². The maximum atomic E-state index is 9.10. The van der Waals surface area contributed by atoms with Crippen molar-refractivity contribution in [1.29, 1.82) is 5.26 Å². The molecular weight excluding hydrogens is 278 g/mol. The number of allylic oxidation sites excluding steroid dienone is 1. The molecule has 4 heteroatoms. The molecule has 0 radical (unpaired) electrons. The van der Waals surface area contributed by atoms with Gasteiger partial charge in [-0.05, 0) is 41.0 Å². The molecule has 2 aromatic carbocycles. The fraction of sp³-hybridized carbons (Fsp3) is 0.167. The van der Waals surface area contributed by atoms with Crippen molar-refractivity contribution in [3.8, 4) is 23.3 Å². The van der Waals surface area contributed by atoms with Gasteiger partial charge in [-0.15, -0.1) is 0 Å². The zero-order valence-electron chi connectivity index (χ0n) is 12.8. The van der Waals surface area contributed by atoms with E-state index in [1.807, 2.05) is 36.4 Å². The van der Waals surface area contributed by atoms with E-state index in [1.165, 1.54) is 6.08 Å². The Morgan fingerprint density at radius 3 is 1.82 bits per heavy atom. The number of ether oxygens (including phenoxy) is 3. The second kappa shape index (κ2) is 7.19. The van der Waals surface area contributed by atoms with Crippen LogP contribution in [0.2, 0.25) is 0 Å². The van der Waals surface area contributed by atoms with Gasteiger partial charge in [0.25, 0.3) is 0 Å². The lowest BCUT2D eigenvalue weighted by atomic mass is 9.97. The molecule has 0 fully saturated rings. The molecule has 0 amide bonds. The van der Waals surface area contributed by atoms with Gasteiger partial charge in [-0.1, -0.05) is 12.1 Å². The van der Waals surface area contributed by atoms with Gasteiger partial charge in [-0.2, -0.15) is 5.26 Å². The van der Waals surface area contributed by atoms with Crippen molar-refractivity contribution in [3.63, 3.8) is 0 Å². The molecule has 0 aliphatic carbocycles. The molecule has 0 N–H and O–H groups in total. The quantitative estimate of drug-likeness (QED) is 0.790. The van der Waals surface area contributed by atoms with Crippen LogP contribution in [0.1, 0.15) is 11.1 Å². The third kappa shape index (κ3) is 3.39. The minimum Gasteiger partial charge on any atom is -0.497 e.